The number of thioether (sulfide) groups is 1. The van der Waals surface area contributed by atoms with E-state index in [0.717, 1.165) is 30.2 Å². The maximum atomic E-state index is 13.3. The van der Waals surface area contributed by atoms with Crippen LogP contribution < -0.4 is 9.47 Å². The average molecular weight is 561 g/mol. The molecule has 0 aliphatic carbocycles. The van der Waals surface area contributed by atoms with Crippen LogP contribution in [0.5, 0.6) is 11.5 Å². The summed E-state index contributed by atoms with van der Waals surface area (Å²) in [6.45, 7) is 3.52. The summed E-state index contributed by atoms with van der Waals surface area (Å²) in [6.07, 6.45) is 8.00. The van der Waals surface area contributed by atoms with Gasteiger partial charge in [0.05, 0.1) is 23.5 Å². The molecule has 1 aliphatic heterocycles. The van der Waals surface area contributed by atoms with Crippen LogP contribution in [-0.2, 0) is 19.6 Å². The summed E-state index contributed by atoms with van der Waals surface area (Å²) >= 11 is 1.04. The number of ether oxygens (including phenoxy) is 3. The summed E-state index contributed by atoms with van der Waals surface area (Å²) < 4.78 is 46.4. The lowest BCUT2D eigenvalue weighted by atomic mass is 10.1. The summed E-state index contributed by atoms with van der Waals surface area (Å²) in [7, 11) is -0.828. The van der Waals surface area contributed by atoms with Crippen LogP contribution in [0.2, 0.25) is 0 Å². The van der Waals surface area contributed by atoms with Crippen molar-refractivity contribution in [1.82, 2.24) is 4.90 Å². The summed E-state index contributed by atoms with van der Waals surface area (Å²) in [5.41, 5.74) is 0.733. The Balaban J connectivity index is 1.81. The number of nitrogens with zero attached hydrogens (tertiary/aromatic N) is 2. The molecule has 0 radical (unpaired) electrons. The number of rotatable bonds is 15. The Kier molecular flexibility index (Phi) is 11.7. The molecule has 206 valence electrons. The maximum absolute atomic E-state index is 13.3. The van der Waals surface area contributed by atoms with Crippen LogP contribution in [0.1, 0.15) is 51.0 Å². The second kappa shape index (κ2) is 14.9. The monoisotopic (exact) mass is 560 g/mol. The Hall–Kier alpha value is -2.82. The van der Waals surface area contributed by atoms with Gasteiger partial charge in [0.25, 0.3) is 15.9 Å². The quantitative estimate of drug-likeness (QED) is 0.202. The summed E-state index contributed by atoms with van der Waals surface area (Å²) in [5, 5.41) is 0.121. The molecular formula is C28H36N2O6S2. The first kappa shape index (κ1) is 29.7. The Labute approximate surface area is 230 Å². The fraction of sp³-hybridized carbons (Fsp3) is 0.429. The SMILES string of the molecule is CCCCCCCOc1ccc(/C=C2\SC(=NS(=O)(=O)c3ccccc3)N(CCCOC)C2=O)cc1OC. The van der Waals surface area contributed by atoms with E-state index in [4.69, 9.17) is 14.2 Å². The maximum Gasteiger partial charge on any atom is 0.284 e. The molecule has 10 heteroatoms. The van der Waals surface area contributed by atoms with Crippen molar-refractivity contribution in [2.45, 2.75) is 50.3 Å². The molecule has 1 saturated heterocycles. The highest BCUT2D eigenvalue weighted by atomic mass is 32.2. The van der Waals surface area contributed by atoms with E-state index in [1.165, 1.54) is 36.3 Å². The highest BCUT2D eigenvalue weighted by Gasteiger charge is 2.34. The first-order chi connectivity index (χ1) is 18.4. The zero-order valence-corrected chi connectivity index (χ0v) is 23.9. The Morgan fingerprint density at radius 3 is 2.42 bits per heavy atom. The highest BCUT2D eigenvalue weighted by molar-refractivity contribution is 8.19. The predicted molar refractivity (Wildman–Crippen MR) is 152 cm³/mol. The van der Waals surface area contributed by atoms with Gasteiger partial charge in [-0.3, -0.25) is 9.69 Å². The van der Waals surface area contributed by atoms with Crippen LogP contribution in [0.3, 0.4) is 0 Å². The van der Waals surface area contributed by atoms with Gasteiger partial charge >= 0.3 is 0 Å². The van der Waals surface area contributed by atoms with Crippen LogP contribution in [-0.4, -0.2) is 58.4 Å². The van der Waals surface area contributed by atoms with Crippen molar-refractivity contribution in [2.75, 3.05) is 34.0 Å². The number of methoxy groups -OCH3 is 2. The van der Waals surface area contributed by atoms with Crippen molar-refractivity contribution < 1.29 is 27.4 Å². The van der Waals surface area contributed by atoms with Crippen molar-refractivity contribution in [3.05, 3.63) is 59.0 Å². The Morgan fingerprint density at radius 1 is 0.947 bits per heavy atom. The highest BCUT2D eigenvalue weighted by Crippen LogP contribution is 2.35. The van der Waals surface area contributed by atoms with E-state index in [9.17, 15) is 13.2 Å². The number of sulfonamides is 1. The number of amides is 1. The van der Waals surface area contributed by atoms with Crippen molar-refractivity contribution >= 4 is 38.9 Å². The van der Waals surface area contributed by atoms with Gasteiger partial charge < -0.3 is 14.2 Å². The number of hydrogen-bond acceptors (Lipinski definition) is 7. The third kappa shape index (κ3) is 8.34. The van der Waals surface area contributed by atoms with Gasteiger partial charge in [-0.25, -0.2) is 0 Å². The van der Waals surface area contributed by atoms with Crippen molar-refractivity contribution in [2.24, 2.45) is 4.40 Å². The number of amidine groups is 1. The second-order valence-electron chi connectivity index (χ2n) is 8.75. The van der Waals surface area contributed by atoms with Gasteiger partial charge in [0, 0.05) is 20.3 Å². The molecule has 1 heterocycles. The topological polar surface area (TPSA) is 94.5 Å². The molecule has 2 aromatic carbocycles. The van der Waals surface area contributed by atoms with Gasteiger partial charge in [-0.1, -0.05) is 56.9 Å². The minimum absolute atomic E-state index is 0.0699. The molecule has 0 unspecified atom stereocenters. The van der Waals surface area contributed by atoms with Gasteiger partial charge in [0.1, 0.15) is 0 Å². The van der Waals surface area contributed by atoms with Crippen molar-refractivity contribution in [3.8, 4) is 11.5 Å². The molecule has 2 aromatic rings. The van der Waals surface area contributed by atoms with Crippen molar-refractivity contribution in [1.29, 1.82) is 0 Å². The van der Waals surface area contributed by atoms with Crippen LogP contribution >= 0.6 is 11.8 Å². The molecule has 3 rings (SSSR count). The number of benzene rings is 2. The third-order valence-electron chi connectivity index (χ3n) is 5.85. The fourth-order valence-corrected chi connectivity index (χ4v) is 6.05. The molecule has 1 fully saturated rings. The zero-order valence-electron chi connectivity index (χ0n) is 22.2. The van der Waals surface area contributed by atoms with Gasteiger partial charge in [0.2, 0.25) is 0 Å². The fourth-order valence-electron chi connectivity index (χ4n) is 3.82. The molecule has 0 atom stereocenters. The van der Waals surface area contributed by atoms with Crippen LogP contribution in [0.15, 0.2) is 62.7 Å². The van der Waals surface area contributed by atoms with Crippen LogP contribution in [0.4, 0.5) is 0 Å². The van der Waals surface area contributed by atoms with Gasteiger partial charge in [0.15, 0.2) is 16.7 Å². The first-order valence-electron chi connectivity index (χ1n) is 12.8. The zero-order chi connectivity index (χ0) is 27.4. The lowest BCUT2D eigenvalue weighted by Crippen LogP contribution is -2.31. The molecule has 0 spiro atoms. The summed E-state index contributed by atoms with van der Waals surface area (Å²) in [4.78, 5) is 15.1. The second-order valence-corrected chi connectivity index (χ2v) is 11.4. The molecule has 38 heavy (non-hydrogen) atoms. The van der Waals surface area contributed by atoms with E-state index in [0.29, 0.717) is 36.0 Å². The Bertz CT molecular complexity index is 1230. The van der Waals surface area contributed by atoms with Crippen LogP contribution in [0.25, 0.3) is 6.08 Å². The standard InChI is InChI=1S/C28H36N2O6S2/c1-4-5-6-7-11-19-36-24-16-15-22(20-25(24)35-3)21-26-27(31)30(17-12-18-34-2)28(37-26)29-38(32,33)23-13-9-8-10-14-23/h8-10,13-16,20-21H,4-7,11-12,17-19H2,1-3H3/b26-21-,29-28?. The van der Waals surface area contributed by atoms with E-state index in [1.807, 2.05) is 12.1 Å². The predicted octanol–water partition coefficient (Wildman–Crippen LogP) is 5.74. The number of carbonyl (C=O) groups excluding carboxylic acids is 1. The lowest BCUT2D eigenvalue weighted by Gasteiger charge is -2.15. The smallest absolute Gasteiger partial charge is 0.284 e. The largest absolute Gasteiger partial charge is 0.493 e. The third-order valence-corrected chi connectivity index (χ3v) is 8.25. The molecule has 0 bridgehead atoms. The minimum atomic E-state index is -3.98. The molecule has 0 aromatic heterocycles. The molecule has 0 saturated carbocycles. The molecule has 0 N–H and O–H groups in total. The normalized spacial score (nSPS) is 16.0. The van der Waals surface area contributed by atoms with Gasteiger partial charge in [-0.2, -0.15) is 8.42 Å². The number of hydrogen-bond donors (Lipinski definition) is 0. The van der Waals surface area contributed by atoms with E-state index in [1.54, 1.807) is 44.6 Å². The van der Waals surface area contributed by atoms with Crippen LogP contribution in [0, 0.1) is 0 Å². The molecular weight excluding hydrogens is 524 g/mol. The Morgan fingerprint density at radius 2 is 1.71 bits per heavy atom. The molecule has 8 nitrogen and oxygen atoms in total. The average Bonchev–Trinajstić information content (AvgIpc) is 3.20. The van der Waals surface area contributed by atoms with Crippen molar-refractivity contribution in [3.63, 3.8) is 0 Å². The lowest BCUT2D eigenvalue weighted by molar-refractivity contribution is -0.122. The van der Waals surface area contributed by atoms with E-state index < -0.39 is 10.0 Å². The van der Waals surface area contributed by atoms with E-state index in [-0.39, 0.29) is 22.5 Å². The van der Waals surface area contributed by atoms with Gasteiger partial charge in [-0.15, -0.1) is 4.40 Å². The van der Waals surface area contributed by atoms with E-state index in [2.05, 4.69) is 11.3 Å². The number of carbonyl (C=O) groups is 1. The van der Waals surface area contributed by atoms with Gasteiger partial charge in [-0.05, 0) is 60.5 Å². The summed E-state index contributed by atoms with van der Waals surface area (Å²) in [5.74, 6) is 0.910. The number of unbranched alkanes of at least 4 members (excludes halogenated alkanes) is 4. The summed E-state index contributed by atoms with van der Waals surface area (Å²) in [6, 6.07) is 13.4. The van der Waals surface area contributed by atoms with E-state index >= 15 is 0 Å². The molecule has 1 aliphatic rings. The minimum Gasteiger partial charge on any atom is -0.493 e. The molecule has 1 amide bonds. The first-order valence-corrected chi connectivity index (χ1v) is 15.1.